The van der Waals surface area contributed by atoms with Crippen LogP contribution < -0.4 is 5.32 Å². The highest BCUT2D eigenvalue weighted by Crippen LogP contribution is 2.31. The van der Waals surface area contributed by atoms with Crippen molar-refractivity contribution in [3.8, 4) is 5.88 Å². The van der Waals surface area contributed by atoms with Gasteiger partial charge >= 0.3 is 0 Å². The van der Waals surface area contributed by atoms with Crippen LogP contribution in [0.3, 0.4) is 0 Å². The van der Waals surface area contributed by atoms with E-state index in [2.05, 4.69) is 20.4 Å². The Kier molecular flexibility index (Phi) is 4.79. The quantitative estimate of drug-likeness (QED) is 0.612. The lowest BCUT2D eigenvalue weighted by Crippen LogP contribution is -2.17. The molecule has 7 nitrogen and oxygen atoms in total. The number of fused-ring (bicyclic) bond motifs is 1. The summed E-state index contributed by atoms with van der Waals surface area (Å²) in [6.07, 6.45) is 4.21. The predicted molar refractivity (Wildman–Crippen MR) is 102 cm³/mol. The van der Waals surface area contributed by atoms with E-state index in [-0.39, 0.29) is 17.8 Å². The molecule has 2 heterocycles. The topological polar surface area (TPSA) is 95.3 Å². The molecule has 3 N–H and O–H groups in total. The number of carbonyl (C=O) groups excluding carboxylic acids is 1. The lowest BCUT2D eigenvalue weighted by Gasteiger charge is -2.05. The molecule has 1 amide bonds. The maximum atomic E-state index is 11.9. The average Bonchev–Trinajstić information content (AvgIpc) is 3.22. The summed E-state index contributed by atoms with van der Waals surface area (Å²) >= 11 is 0. The molecule has 0 aliphatic heterocycles. The first-order valence-electron chi connectivity index (χ1n) is 8.63. The van der Waals surface area contributed by atoms with Crippen molar-refractivity contribution in [2.24, 2.45) is 4.99 Å². The van der Waals surface area contributed by atoms with E-state index in [9.17, 15) is 9.90 Å². The zero-order chi connectivity index (χ0) is 18.8. The molecule has 0 atom stereocenters. The minimum absolute atomic E-state index is 0.0471. The Hall–Kier alpha value is -3.09. The molecule has 1 aromatic carbocycles. The molecule has 7 heteroatoms. The molecule has 26 heavy (non-hydrogen) atoms. The zero-order valence-electron chi connectivity index (χ0n) is 15.4. The number of nitrogens with zero attached hydrogens (tertiary/aromatic N) is 3. The molecule has 0 aliphatic carbocycles. The molecule has 0 unspecified atom stereocenters. The van der Waals surface area contributed by atoms with E-state index in [1.807, 2.05) is 31.6 Å². The van der Waals surface area contributed by atoms with Gasteiger partial charge in [-0.15, -0.1) is 0 Å². The van der Waals surface area contributed by atoms with Crippen molar-refractivity contribution in [3.05, 3.63) is 41.7 Å². The normalized spacial score (nSPS) is 12.1. The summed E-state index contributed by atoms with van der Waals surface area (Å²) < 4.78 is 1.84. The van der Waals surface area contributed by atoms with Crippen LogP contribution in [0.5, 0.6) is 5.88 Å². The number of benzene rings is 1. The monoisotopic (exact) mass is 353 g/mol. The largest absolute Gasteiger partial charge is 0.494 e. The number of carbonyl (C=O) groups is 1. The Morgan fingerprint density at radius 2 is 2.19 bits per heavy atom. The van der Waals surface area contributed by atoms with Crippen LogP contribution >= 0.6 is 0 Å². The van der Waals surface area contributed by atoms with Crippen molar-refractivity contribution in [1.82, 2.24) is 20.1 Å². The summed E-state index contributed by atoms with van der Waals surface area (Å²) in [6, 6.07) is 5.52. The lowest BCUT2D eigenvalue weighted by molar-refractivity contribution is 0.0963. The van der Waals surface area contributed by atoms with Crippen LogP contribution in [0, 0.1) is 0 Å². The Labute approximate surface area is 151 Å². The second-order valence-corrected chi connectivity index (χ2v) is 6.37. The summed E-state index contributed by atoms with van der Waals surface area (Å²) in [6.45, 7) is 6.08. The first kappa shape index (κ1) is 17.7. The van der Waals surface area contributed by atoms with E-state index >= 15 is 0 Å². The molecule has 0 radical (unpaired) electrons. The van der Waals surface area contributed by atoms with Crippen LogP contribution in [0.4, 0.5) is 5.69 Å². The highest BCUT2D eigenvalue weighted by molar-refractivity contribution is 6.14. The average molecular weight is 353 g/mol. The minimum Gasteiger partial charge on any atom is -0.494 e. The van der Waals surface area contributed by atoms with Crippen LogP contribution in [0.2, 0.25) is 0 Å². The van der Waals surface area contributed by atoms with Crippen molar-refractivity contribution in [2.45, 2.75) is 33.2 Å². The molecular formula is C19H23N5O2. The fraction of sp³-hybridized carbons (Fsp3) is 0.316. The molecule has 0 bridgehead atoms. The third kappa shape index (κ3) is 3.20. The van der Waals surface area contributed by atoms with Crippen LogP contribution in [0.1, 0.15) is 49.2 Å². The lowest BCUT2D eigenvalue weighted by atomic mass is 10.0. The van der Waals surface area contributed by atoms with Gasteiger partial charge in [-0.2, -0.15) is 5.10 Å². The van der Waals surface area contributed by atoms with Crippen LogP contribution in [0.25, 0.3) is 10.9 Å². The maximum absolute atomic E-state index is 11.9. The number of amides is 1. The van der Waals surface area contributed by atoms with Crippen molar-refractivity contribution in [2.75, 3.05) is 7.05 Å². The number of aliphatic imine (C=N–C) groups is 1. The molecule has 0 fully saturated rings. The summed E-state index contributed by atoms with van der Waals surface area (Å²) in [5.74, 6) is -0.127. The Morgan fingerprint density at radius 3 is 2.81 bits per heavy atom. The van der Waals surface area contributed by atoms with E-state index in [0.29, 0.717) is 17.5 Å². The molecule has 0 aliphatic rings. The van der Waals surface area contributed by atoms with E-state index < -0.39 is 0 Å². The van der Waals surface area contributed by atoms with Crippen molar-refractivity contribution in [3.63, 3.8) is 0 Å². The van der Waals surface area contributed by atoms with Gasteiger partial charge in [0.1, 0.15) is 5.69 Å². The van der Waals surface area contributed by atoms with Gasteiger partial charge in [0, 0.05) is 29.6 Å². The summed E-state index contributed by atoms with van der Waals surface area (Å²) in [4.78, 5) is 19.6. The number of aromatic hydroxyl groups is 1. The Balaban J connectivity index is 2.12. The first-order chi connectivity index (χ1) is 12.4. The maximum Gasteiger partial charge on any atom is 0.251 e. The fourth-order valence-electron chi connectivity index (χ4n) is 2.89. The SMILES string of the molecule is CCC(=Nc1cnn(C(C)C)c1)c1c(O)[nH]c2ccc(C(=O)NC)cc12. The second kappa shape index (κ2) is 7.03. The third-order valence-corrected chi connectivity index (χ3v) is 4.27. The molecule has 0 saturated carbocycles. The van der Waals surface area contributed by atoms with Crippen molar-refractivity contribution in [1.29, 1.82) is 0 Å². The standard InChI is InChI=1S/C19H23N5O2/c1-5-15(22-13-9-21-24(10-13)11(2)3)17-14-8-12(18(25)20-4)6-7-16(14)23-19(17)26/h6-11,23,26H,5H2,1-4H3,(H,20,25). The summed E-state index contributed by atoms with van der Waals surface area (Å²) in [5, 5.41) is 18.1. The van der Waals surface area contributed by atoms with Crippen LogP contribution in [0.15, 0.2) is 35.6 Å². The highest BCUT2D eigenvalue weighted by Gasteiger charge is 2.17. The molecule has 0 saturated heterocycles. The second-order valence-electron chi connectivity index (χ2n) is 6.37. The summed E-state index contributed by atoms with van der Waals surface area (Å²) in [5.41, 5.74) is 3.36. The number of nitrogens with one attached hydrogen (secondary N) is 2. The van der Waals surface area contributed by atoms with E-state index in [1.165, 1.54) is 0 Å². The number of H-pyrrole nitrogens is 1. The highest BCUT2D eigenvalue weighted by atomic mass is 16.3. The van der Waals surface area contributed by atoms with E-state index in [1.54, 1.807) is 31.4 Å². The van der Waals surface area contributed by atoms with E-state index in [4.69, 9.17) is 0 Å². The van der Waals surface area contributed by atoms with Gasteiger partial charge in [-0.1, -0.05) is 6.92 Å². The molecule has 2 aromatic heterocycles. The number of aromatic nitrogens is 3. The Bertz CT molecular complexity index is 981. The smallest absolute Gasteiger partial charge is 0.251 e. The van der Waals surface area contributed by atoms with Gasteiger partial charge in [0.2, 0.25) is 0 Å². The van der Waals surface area contributed by atoms with Crippen molar-refractivity contribution >= 4 is 28.2 Å². The molecule has 3 rings (SSSR count). The zero-order valence-corrected chi connectivity index (χ0v) is 15.4. The fourth-order valence-corrected chi connectivity index (χ4v) is 2.89. The summed E-state index contributed by atoms with van der Waals surface area (Å²) in [7, 11) is 1.59. The van der Waals surface area contributed by atoms with Gasteiger partial charge in [0.15, 0.2) is 5.88 Å². The molecular weight excluding hydrogens is 330 g/mol. The van der Waals surface area contributed by atoms with Gasteiger partial charge in [0.05, 0.1) is 23.7 Å². The first-order valence-corrected chi connectivity index (χ1v) is 8.63. The number of aromatic amines is 1. The van der Waals surface area contributed by atoms with Gasteiger partial charge in [-0.3, -0.25) is 9.48 Å². The van der Waals surface area contributed by atoms with Gasteiger partial charge in [0.25, 0.3) is 5.91 Å². The van der Waals surface area contributed by atoms with Gasteiger partial charge < -0.3 is 15.4 Å². The number of rotatable bonds is 5. The van der Waals surface area contributed by atoms with E-state index in [0.717, 1.165) is 22.3 Å². The van der Waals surface area contributed by atoms with Crippen LogP contribution in [-0.4, -0.2) is 38.5 Å². The van der Waals surface area contributed by atoms with Gasteiger partial charge in [-0.25, -0.2) is 4.99 Å². The van der Waals surface area contributed by atoms with Crippen molar-refractivity contribution < 1.29 is 9.90 Å². The minimum atomic E-state index is -0.174. The molecule has 136 valence electrons. The van der Waals surface area contributed by atoms with Crippen LogP contribution in [-0.2, 0) is 0 Å². The third-order valence-electron chi connectivity index (χ3n) is 4.27. The Morgan fingerprint density at radius 1 is 1.42 bits per heavy atom. The molecule has 3 aromatic rings. The molecule has 0 spiro atoms. The van der Waals surface area contributed by atoms with Gasteiger partial charge in [-0.05, 0) is 38.5 Å². The predicted octanol–water partition coefficient (Wildman–Crippen LogP) is 3.54. The number of hydrogen-bond donors (Lipinski definition) is 3. The number of hydrogen-bond acceptors (Lipinski definition) is 4.